The van der Waals surface area contributed by atoms with E-state index in [-0.39, 0.29) is 24.1 Å². The van der Waals surface area contributed by atoms with Crippen molar-refractivity contribution < 1.29 is 13.6 Å². The minimum Gasteiger partial charge on any atom is -0.311 e. The first kappa shape index (κ1) is 21.0. The number of amides is 1. The van der Waals surface area contributed by atoms with E-state index in [0.717, 1.165) is 29.5 Å². The van der Waals surface area contributed by atoms with Crippen LogP contribution in [0, 0.1) is 17.6 Å². The molecule has 2 aromatic carbocycles. The molecule has 0 aliphatic heterocycles. The zero-order valence-corrected chi connectivity index (χ0v) is 17.8. The van der Waals surface area contributed by atoms with E-state index in [2.05, 4.69) is 15.4 Å². The molecule has 0 saturated heterocycles. The predicted molar refractivity (Wildman–Crippen MR) is 122 cm³/mol. The molecular formula is C26H22F2N4O. The van der Waals surface area contributed by atoms with E-state index >= 15 is 0 Å². The van der Waals surface area contributed by atoms with Gasteiger partial charge in [0, 0.05) is 35.5 Å². The Morgan fingerprint density at radius 1 is 1.03 bits per heavy atom. The Morgan fingerprint density at radius 3 is 2.58 bits per heavy atom. The fourth-order valence-corrected chi connectivity index (χ4v) is 3.78. The summed E-state index contributed by atoms with van der Waals surface area (Å²) < 4.78 is 29.4. The van der Waals surface area contributed by atoms with Gasteiger partial charge in [0.05, 0.1) is 6.54 Å². The molecule has 1 N–H and O–H groups in total. The van der Waals surface area contributed by atoms with Gasteiger partial charge in [-0.3, -0.25) is 9.48 Å². The molecule has 1 aliphatic rings. The Bertz CT molecular complexity index is 1300. The fraction of sp³-hybridized carbons (Fsp3) is 0.192. The van der Waals surface area contributed by atoms with Gasteiger partial charge in [-0.25, -0.2) is 13.8 Å². The van der Waals surface area contributed by atoms with Crippen molar-refractivity contribution in [3.05, 3.63) is 90.3 Å². The van der Waals surface area contributed by atoms with Crippen LogP contribution in [0.25, 0.3) is 22.4 Å². The minimum atomic E-state index is -0.337. The first-order valence-electron chi connectivity index (χ1n) is 10.9. The first-order valence-corrected chi connectivity index (χ1v) is 10.9. The number of rotatable bonds is 7. The van der Waals surface area contributed by atoms with Gasteiger partial charge in [0.25, 0.3) is 0 Å². The molecule has 2 aromatic heterocycles. The lowest BCUT2D eigenvalue weighted by atomic mass is 10.0. The van der Waals surface area contributed by atoms with Crippen LogP contribution in [0.15, 0.2) is 73.1 Å². The summed E-state index contributed by atoms with van der Waals surface area (Å²) in [5.41, 5.74) is 3.45. The number of aromatic nitrogens is 3. The highest BCUT2D eigenvalue weighted by Crippen LogP contribution is 2.34. The molecule has 2 heterocycles. The van der Waals surface area contributed by atoms with Crippen molar-refractivity contribution in [1.82, 2.24) is 14.8 Å². The van der Waals surface area contributed by atoms with Crippen molar-refractivity contribution in [2.75, 3.05) is 5.32 Å². The summed E-state index contributed by atoms with van der Waals surface area (Å²) in [6.45, 7) is 0.247. The molecule has 0 radical (unpaired) electrons. The van der Waals surface area contributed by atoms with Gasteiger partial charge in [-0.1, -0.05) is 18.2 Å². The molecule has 33 heavy (non-hydrogen) atoms. The van der Waals surface area contributed by atoms with Crippen LogP contribution in [0.3, 0.4) is 0 Å². The zero-order valence-electron chi connectivity index (χ0n) is 17.8. The summed E-state index contributed by atoms with van der Waals surface area (Å²) in [5.74, 6) is 0.259. The van der Waals surface area contributed by atoms with Crippen LogP contribution in [0.2, 0.25) is 0 Å². The predicted octanol–water partition coefficient (Wildman–Crippen LogP) is 5.68. The van der Waals surface area contributed by atoms with Crippen LogP contribution in [-0.4, -0.2) is 20.7 Å². The minimum absolute atomic E-state index is 0.0452. The second-order valence-corrected chi connectivity index (χ2v) is 8.31. The van der Waals surface area contributed by atoms with E-state index < -0.39 is 0 Å². The molecule has 4 aromatic rings. The second kappa shape index (κ2) is 8.94. The molecule has 166 valence electrons. The Hall–Kier alpha value is -3.87. The van der Waals surface area contributed by atoms with Crippen LogP contribution in [-0.2, 0) is 11.3 Å². The summed E-state index contributed by atoms with van der Waals surface area (Å²) in [4.78, 5) is 16.5. The number of hydrogen-bond donors (Lipinski definition) is 1. The molecule has 7 heteroatoms. The van der Waals surface area contributed by atoms with Crippen molar-refractivity contribution >= 4 is 11.7 Å². The van der Waals surface area contributed by atoms with E-state index in [1.54, 1.807) is 47.3 Å². The highest BCUT2D eigenvalue weighted by molar-refractivity contribution is 5.91. The molecule has 0 bridgehead atoms. The third kappa shape index (κ3) is 4.98. The molecule has 1 saturated carbocycles. The topological polar surface area (TPSA) is 59.8 Å². The first-order chi connectivity index (χ1) is 16.0. The summed E-state index contributed by atoms with van der Waals surface area (Å²) in [6.07, 6.45) is 6.17. The van der Waals surface area contributed by atoms with E-state index in [0.29, 0.717) is 29.4 Å². The third-order valence-electron chi connectivity index (χ3n) is 5.68. The van der Waals surface area contributed by atoms with E-state index in [4.69, 9.17) is 0 Å². The molecule has 5 nitrogen and oxygen atoms in total. The maximum Gasteiger partial charge on any atom is 0.225 e. The summed E-state index contributed by atoms with van der Waals surface area (Å²) in [6, 6.07) is 16.3. The number of pyridine rings is 1. The monoisotopic (exact) mass is 444 g/mol. The Morgan fingerprint density at radius 2 is 1.82 bits per heavy atom. The number of nitrogens with zero attached hydrogens (tertiary/aromatic N) is 3. The molecule has 5 rings (SSSR count). The van der Waals surface area contributed by atoms with Gasteiger partial charge in [-0.2, -0.15) is 5.10 Å². The molecule has 1 fully saturated rings. The van der Waals surface area contributed by atoms with Crippen molar-refractivity contribution in [3.63, 3.8) is 0 Å². The second-order valence-electron chi connectivity index (χ2n) is 8.31. The largest absolute Gasteiger partial charge is 0.311 e. The average Bonchev–Trinajstić information content (AvgIpc) is 3.52. The summed E-state index contributed by atoms with van der Waals surface area (Å²) >= 11 is 0. The van der Waals surface area contributed by atoms with Gasteiger partial charge >= 0.3 is 0 Å². The number of nitrogens with one attached hydrogen (secondary N) is 1. The lowest BCUT2D eigenvalue weighted by molar-refractivity contribution is -0.116. The maximum absolute atomic E-state index is 14.2. The van der Waals surface area contributed by atoms with Crippen molar-refractivity contribution in [3.8, 4) is 22.4 Å². The molecule has 0 spiro atoms. The average molecular weight is 444 g/mol. The molecule has 1 aliphatic carbocycles. The molecular weight excluding hydrogens is 422 g/mol. The van der Waals surface area contributed by atoms with Crippen LogP contribution >= 0.6 is 0 Å². The quantitative estimate of drug-likeness (QED) is 0.399. The lowest BCUT2D eigenvalue weighted by Crippen LogP contribution is -2.12. The standard InChI is InChI=1S/C26H22F2N4O/c27-21-9-7-18(8-10-21)26-22(16-32(31-26)15-20-3-1-2-4-23(20)28)19-11-12-29-24(14-19)30-25(33)13-17-5-6-17/h1-4,7-12,14,16-17H,5-6,13,15H2,(H,29,30,33). The van der Waals surface area contributed by atoms with E-state index in [1.165, 1.54) is 18.2 Å². The maximum atomic E-state index is 14.2. The van der Waals surface area contributed by atoms with Gasteiger partial charge in [0.15, 0.2) is 0 Å². The number of carbonyl (C=O) groups is 1. The number of benzene rings is 2. The van der Waals surface area contributed by atoms with Gasteiger partial charge in [0.2, 0.25) is 5.91 Å². The third-order valence-corrected chi connectivity index (χ3v) is 5.68. The number of anilines is 1. The SMILES string of the molecule is O=C(CC1CC1)Nc1cc(-c2cn(Cc3ccccc3F)nc2-c2ccc(F)cc2)ccn1. The van der Waals surface area contributed by atoms with Gasteiger partial charge < -0.3 is 5.32 Å². The van der Waals surface area contributed by atoms with Crippen molar-refractivity contribution in [2.24, 2.45) is 5.92 Å². The summed E-state index contributed by atoms with van der Waals surface area (Å²) in [5, 5.41) is 7.55. The normalized spacial score (nSPS) is 13.2. The van der Waals surface area contributed by atoms with E-state index in [1.807, 2.05) is 12.3 Å². The molecule has 1 amide bonds. The Kier molecular flexibility index (Phi) is 5.69. The zero-order chi connectivity index (χ0) is 22.8. The fourth-order valence-electron chi connectivity index (χ4n) is 3.78. The van der Waals surface area contributed by atoms with Crippen LogP contribution < -0.4 is 5.32 Å². The number of carbonyl (C=O) groups excluding carboxylic acids is 1. The van der Waals surface area contributed by atoms with Gasteiger partial charge in [-0.15, -0.1) is 0 Å². The van der Waals surface area contributed by atoms with Crippen LogP contribution in [0.5, 0.6) is 0 Å². The number of halogens is 2. The number of hydrogen-bond acceptors (Lipinski definition) is 3. The van der Waals surface area contributed by atoms with Gasteiger partial charge in [-0.05, 0) is 66.8 Å². The lowest BCUT2D eigenvalue weighted by Gasteiger charge is -2.07. The van der Waals surface area contributed by atoms with Crippen LogP contribution in [0.4, 0.5) is 14.6 Å². The molecule has 0 unspecified atom stereocenters. The van der Waals surface area contributed by atoms with Crippen molar-refractivity contribution in [2.45, 2.75) is 25.8 Å². The Balaban J connectivity index is 1.50. The highest BCUT2D eigenvalue weighted by Gasteiger charge is 2.24. The highest BCUT2D eigenvalue weighted by atomic mass is 19.1. The van der Waals surface area contributed by atoms with Crippen LogP contribution in [0.1, 0.15) is 24.8 Å². The molecule has 0 atom stereocenters. The van der Waals surface area contributed by atoms with Crippen molar-refractivity contribution in [1.29, 1.82) is 0 Å². The Labute approximate surface area is 190 Å². The van der Waals surface area contributed by atoms with E-state index in [9.17, 15) is 13.6 Å². The van der Waals surface area contributed by atoms with Gasteiger partial charge in [0.1, 0.15) is 23.1 Å². The smallest absolute Gasteiger partial charge is 0.225 e. The summed E-state index contributed by atoms with van der Waals surface area (Å²) in [7, 11) is 0.